The molecule has 3 aliphatic rings. The largest absolute Gasteiger partial charge is 0.355 e. The van der Waals surface area contributed by atoms with E-state index < -0.39 is 0 Å². The Morgan fingerprint density at radius 1 is 1.08 bits per heavy atom. The van der Waals surface area contributed by atoms with Gasteiger partial charge in [0, 0.05) is 57.2 Å². The second-order valence-electron chi connectivity index (χ2n) is 7.83. The molecule has 1 N–H and O–H groups in total. The van der Waals surface area contributed by atoms with Gasteiger partial charge >= 0.3 is 0 Å². The molecular weight excluding hydrogens is 330 g/mol. The number of nitrogens with zero attached hydrogens (tertiary/aromatic N) is 4. The van der Waals surface area contributed by atoms with Crippen LogP contribution in [0, 0.1) is 0 Å². The minimum Gasteiger partial charge on any atom is -0.355 e. The van der Waals surface area contributed by atoms with Gasteiger partial charge in [-0.3, -0.25) is 19.4 Å². The Bertz CT molecular complexity index is 699. The number of carbonyl (C=O) groups excluding carboxylic acids is 1. The fourth-order valence-electron chi connectivity index (χ4n) is 4.10. The molecule has 1 aromatic rings. The molecule has 1 aliphatic carbocycles. The zero-order valence-electron chi connectivity index (χ0n) is 15.4. The van der Waals surface area contributed by atoms with Crippen LogP contribution in [0.2, 0.25) is 0 Å². The quantitative estimate of drug-likeness (QED) is 0.797. The van der Waals surface area contributed by atoms with Crippen molar-refractivity contribution in [3.8, 4) is 0 Å². The van der Waals surface area contributed by atoms with E-state index in [9.17, 15) is 9.59 Å². The number of carbonyl (C=O) groups is 1. The minimum atomic E-state index is 0.0124. The smallest absolute Gasteiger partial charge is 0.266 e. The van der Waals surface area contributed by atoms with Crippen LogP contribution >= 0.6 is 0 Å². The van der Waals surface area contributed by atoms with Crippen LogP contribution in [0.15, 0.2) is 16.9 Å². The number of rotatable bonds is 6. The maximum atomic E-state index is 12.2. The Kier molecular flexibility index (Phi) is 5.36. The number of hydrogen-bond donors (Lipinski definition) is 1. The van der Waals surface area contributed by atoms with Gasteiger partial charge in [-0.05, 0) is 38.3 Å². The lowest BCUT2D eigenvalue weighted by atomic mass is 10.2. The van der Waals surface area contributed by atoms with Crippen molar-refractivity contribution in [3.63, 3.8) is 0 Å². The van der Waals surface area contributed by atoms with E-state index in [4.69, 9.17) is 0 Å². The average Bonchev–Trinajstić information content (AvgIpc) is 3.42. The van der Waals surface area contributed by atoms with Gasteiger partial charge in [0.1, 0.15) is 0 Å². The van der Waals surface area contributed by atoms with E-state index in [0.29, 0.717) is 24.9 Å². The molecular formula is C19H29N5O2. The van der Waals surface area contributed by atoms with Gasteiger partial charge in [0.05, 0.1) is 12.2 Å². The Hall–Kier alpha value is -1.73. The summed E-state index contributed by atoms with van der Waals surface area (Å²) in [6.07, 6.45) is 5.31. The van der Waals surface area contributed by atoms with E-state index in [-0.39, 0.29) is 11.5 Å². The molecule has 1 unspecified atom stereocenters. The Labute approximate surface area is 154 Å². The predicted octanol–water partition coefficient (Wildman–Crippen LogP) is 0.407. The lowest BCUT2D eigenvalue weighted by Gasteiger charge is -2.28. The highest BCUT2D eigenvalue weighted by atomic mass is 16.1. The summed E-state index contributed by atoms with van der Waals surface area (Å²) in [5, 5.41) is 7.55. The molecule has 2 aliphatic heterocycles. The lowest BCUT2D eigenvalue weighted by molar-refractivity contribution is -0.120. The molecule has 1 aromatic heterocycles. The molecule has 0 aromatic carbocycles. The molecule has 142 valence electrons. The molecule has 7 heteroatoms. The summed E-state index contributed by atoms with van der Waals surface area (Å²) in [6, 6.07) is 3.97. The first-order valence-corrected chi connectivity index (χ1v) is 10.0. The Balaban J connectivity index is 1.34. The molecule has 1 atom stereocenters. The van der Waals surface area contributed by atoms with Crippen LogP contribution < -0.4 is 10.9 Å². The number of hydrogen-bond acceptors (Lipinski definition) is 5. The van der Waals surface area contributed by atoms with Crippen molar-refractivity contribution in [1.82, 2.24) is 24.9 Å². The van der Waals surface area contributed by atoms with Gasteiger partial charge in [-0.2, -0.15) is 5.10 Å². The summed E-state index contributed by atoms with van der Waals surface area (Å²) in [5.41, 5.74) is 1.09. The molecule has 1 amide bonds. The van der Waals surface area contributed by atoms with Crippen LogP contribution in [0.3, 0.4) is 0 Å². The van der Waals surface area contributed by atoms with Crippen molar-refractivity contribution in [2.75, 3.05) is 39.3 Å². The summed E-state index contributed by atoms with van der Waals surface area (Å²) in [7, 11) is 0. The highest BCUT2D eigenvalue weighted by molar-refractivity contribution is 5.76. The van der Waals surface area contributed by atoms with Crippen molar-refractivity contribution in [1.29, 1.82) is 0 Å². The topological polar surface area (TPSA) is 70.5 Å². The maximum Gasteiger partial charge on any atom is 0.266 e. The molecule has 4 rings (SSSR count). The number of likely N-dealkylation sites (tertiary alicyclic amines) is 1. The van der Waals surface area contributed by atoms with Crippen LogP contribution in [0.25, 0.3) is 0 Å². The molecule has 7 nitrogen and oxygen atoms in total. The molecule has 3 heterocycles. The molecule has 0 radical (unpaired) electrons. The molecule has 2 saturated heterocycles. The maximum absolute atomic E-state index is 12.2. The monoisotopic (exact) mass is 359 g/mol. The standard InChI is InChI=1S/C19H29N5O2/c25-18-7-10-22(11-8-20-18)12-13-23-9-1-2-16(23)14-24-19(26)6-5-17(21-24)15-3-4-15/h5-6,15-16H,1-4,7-14H2,(H,20,25). The zero-order chi connectivity index (χ0) is 17.9. The normalized spacial score (nSPS) is 25.2. The first-order chi connectivity index (χ1) is 12.7. The van der Waals surface area contributed by atoms with Gasteiger partial charge in [-0.15, -0.1) is 0 Å². The van der Waals surface area contributed by atoms with Crippen molar-refractivity contribution in [2.45, 2.75) is 50.6 Å². The van der Waals surface area contributed by atoms with Gasteiger partial charge in [0.2, 0.25) is 5.91 Å². The fraction of sp³-hybridized carbons (Fsp3) is 0.737. The lowest BCUT2D eigenvalue weighted by Crippen LogP contribution is -2.42. The van der Waals surface area contributed by atoms with E-state index in [0.717, 1.165) is 51.4 Å². The van der Waals surface area contributed by atoms with Gasteiger partial charge in [0.15, 0.2) is 0 Å². The second kappa shape index (κ2) is 7.88. The van der Waals surface area contributed by atoms with Crippen LogP contribution in [0.1, 0.15) is 43.7 Å². The van der Waals surface area contributed by atoms with Crippen molar-refractivity contribution in [3.05, 3.63) is 28.2 Å². The number of amides is 1. The highest BCUT2D eigenvalue weighted by Crippen LogP contribution is 2.38. The van der Waals surface area contributed by atoms with Gasteiger partial charge in [0.25, 0.3) is 5.56 Å². The van der Waals surface area contributed by atoms with Crippen molar-refractivity contribution in [2.24, 2.45) is 0 Å². The van der Waals surface area contributed by atoms with Crippen molar-refractivity contribution < 1.29 is 4.79 Å². The van der Waals surface area contributed by atoms with Crippen LogP contribution in [0.5, 0.6) is 0 Å². The van der Waals surface area contributed by atoms with Gasteiger partial charge in [-0.1, -0.05) is 0 Å². The predicted molar refractivity (Wildman–Crippen MR) is 99.1 cm³/mol. The zero-order valence-corrected chi connectivity index (χ0v) is 15.4. The summed E-state index contributed by atoms with van der Waals surface area (Å²) in [4.78, 5) is 28.6. The van der Waals surface area contributed by atoms with Crippen LogP contribution in [-0.2, 0) is 11.3 Å². The molecule has 0 spiro atoms. The summed E-state index contributed by atoms with van der Waals surface area (Å²) in [6.45, 7) is 6.27. The molecule has 0 bridgehead atoms. The van der Waals surface area contributed by atoms with E-state index >= 15 is 0 Å². The molecule has 26 heavy (non-hydrogen) atoms. The summed E-state index contributed by atoms with van der Waals surface area (Å²) in [5.74, 6) is 0.730. The van der Waals surface area contributed by atoms with Gasteiger partial charge in [-0.25, -0.2) is 4.68 Å². The van der Waals surface area contributed by atoms with Gasteiger partial charge < -0.3 is 5.32 Å². The molecule has 3 fully saturated rings. The third-order valence-electron chi connectivity index (χ3n) is 5.87. The van der Waals surface area contributed by atoms with Crippen LogP contribution in [-0.4, -0.2) is 70.8 Å². The fourth-order valence-corrected chi connectivity index (χ4v) is 4.10. The third kappa shape index (κ3) is 4.32. The third-order valence-corrected chi connectivity index (χ3v) is 5.87. The van der Waals surface area contributed by atoms with E-state index in [2.05, 4.69) is 20.2 Å². The highest BCUT2D eigenvalue weighted by Gasteiger charge is 2.28. The molecule has 1 saturated carbocycles. The van der Waals surface area contributed by atoms with E-state index in [1.165, 1.54) is 19.3 Å². The van der Waals surface area contributed by atoms with Crippen LogP contribution in [0.4, 0.5) is 0 Å². The SMILES string of the molecule is O=C1CCN(CCN2CCCC2Cn2nc(C3CC3)ccc2=O)CCN1. The van der Waals surface area contributed by atoms with E-state index in [1.807, 2.05) is 6.07 Å². The Morgan fingerprint density at radius 2 is 1.96 bits per heavy atom. The minimum absolute atomic E-state index is 0.0124. The number of nitrogens with one attached hydrogen (secondary N) is 1. The van der Waals surface area contributed by atoms with Crippen molar-refractivity contribution >= 4 is 5.91 Å². The Morgan fingerprint density at radius 3 is 2.81 bits per heavy atom. The van der Waals surface area contributed by atoms with E-state index in [1.54, 1.807) is 10.7 Å². The summed E-state index contributed by atoms with van der Waals surface area (Å²) < 4.78 is 1.69. The first-order valence-electron chi connectivity index (χ1n) is 10.0. The first kappa shape index (κ1) is 17.7. The second-order valence-corrected chi connectivity index (χ2v) is 7.83. The average molecular weight is 359 g/mol. The number of aromatic nitrogens is 2. The summed E-state index contributed by atoms with van der Waals surface area (Å²) >= 11 is 0.